The largest absolute Gasteiger partial charge is 0.341 e. The van der Waals surface area contributed by atoms with Crippen LogP contribution in [-0.4, -0.2) is 32.3 Å². The molecule has 1 aliphatic rings. The predicted octanol–water partition coefficient (Wildman–Crippen LogP) is 4.27. The van der Waals surface area contributed by atoms with E-state index < -0.39 is 0 Å². The third-order valence-corrected chi connectivity index (χ3v) is 5.92. The molecule has 0 spiro atoms. The zero-order chi connectivity index (χ0) is 20.7. The average molecular weight is 426 g/mol. The van der Waals surface area contributed by atoms with Crippen molar-refractivity contribution in [3.63, 3.8) is 0 Å². The Labute approximate surface area is 177 Å². The van der Waals surface area contributed by atoms with Gasteiger partial charge in [-0.2, -0.15) is 0 Å². The van der Waals surface area contributed by atoms with Crippen molar-refractivity contribution in [2.24, 2.45) is 0 Å². The number of nitrogens with zero attached hydrogens (tertiary/aromatic N) is 5. The first-order valence-electron chi connectivity index (χ1n) is 10.2. The molecule has 0 atom stereocenters. The van der Waals surface area contributed by atoms with Crippen LogP contribution in [-0.2, 0) is 6.54 Å². The summed E-state index contributed by atoms with van der Waals surface area (Å²) in [7, 11) is 0. The summed E-state index contributed by atoms with van der Waals surface area (Å²) in [6.07, 6.45) is 4.62. The third kappa shape index (κ3) is 3.33. The van der Waals surface area contributed by atoms with Crippen molar-refractivity contribution in [3.8, 4) is 0 Å². The lowest BCUT2D eigenvalue weighted by molar-refractivity contribution is 0.626. The molecule has 6 nitrogen and oxygen atoms in total. The Hall–Kier alpha value is -2.93. The molecule has 0 amide bonds. The number of benzene rings is 2. The quantitative estimate of drug-likeness (QED) is 0.492. The van der Waals surface area contributed by atoms with Crippen LogP contribution in [0.25, 0.3) is 16.7 Å². The lowest BCUT2D eigenvalue weighted by Crippen LogP contribution is -2.28. The third-order valence-electron chi connectivity index (χ3n) is 5.69. The number of hydrogen-bond donors (Lipinski definition) is 0. The summed E-state index contributed by atoms with van der Waals surface area (Å²) in [6, 6.07) is 11.4. The number of halogens is 2. The maximum Gasteiger partial charge on any atom is 0.263 e. The molecule has 3 heterocycles. The van der Waals surface area contributed by atoms with Gasteiger partial charge < -0.3 is 4.90 Å². The second-order valence-electron chi connectivity index (χ2n) is 7.72. The molecular weight excluding hydrogens is 405 g/mol. The summed E-state index contributed by atoms with van der Waals surface area (Å²) in [4.78, 5) is 15.6. The molecule has 5 rings (SSSR count). The van der Waals surface area contributed by atoms with Crippen molar-refractivity contribution in [2.75, 3.05) is 18.0 Å². The van der Waals surface area contributed by atoms with E-state index in [2.05, 4.69) is 15.1 Å². The van der Waals surface area contributed by atoms with Gasteiger partial charge in [-0.25, -0.2) is 8.79 Å². The maximum atomic E-state index is 13.3. The number of aromatic nitrogens is 4. The fraction of sp³-hybridized carbons (Fsp3) is 0.318. The first-order chi connectivity index (χ1) is 14.6. The van der Waals surface area contributed by atoms with Gasteiger partial charge in [-0.1, -0.05) is 36.6 Å². The number of fused-ring (bicyclic) bond motifs is 3. The molecular formula is C22H21ClFN5O. The van der Waals surface area contributed by atoms with Crippen molar-refractivity contribution >= 4 is 34.2 Å². The topological polar surface area (TPSA) is 55.4 Å². The summed E-state index contributed by atoms with van der Waals surface area (Å²) in [5, 5.41) is 9.88. The van der Waals surface area contributed by atoms with E-state index in [1.54, 1.807) is 28.8 Å². The van der Waals surface area contributed by atoms with E-state index in [-0.39, 0.29) is 17.9 Å². The Kier molecular flexibility index (Phi) is 4.90. The fourth-order valence-corrected chi connectivity index (χ4v) is 4.33. The van der Waals surface area contributed by atoms with Gasteiger partial charge in [0, 0.05) is 18.1 Å². The number of rotatable bonds is 3. The van der Waals surface area contributed by atoms with Crippen LogP contribution in [0.2, 0.25) is 5.02 Å². The SMILES string of the molecule is O=c1c2cc(Cl)ccc2n2c(N3CCCCCC3)nnc2n1Cc1ccc(F)cc1. The minimum absolute atomic E-state index is 0.195. The van der Waals surface area contributed by atoms with Crippen molar-refractivity contribution in [2.45, 2.75) is 32.2 Å². The molecule has 154 valence electrons. The molecule has 1 aliphatic heterocycles. The van der Waals surface area contributed by atoms with Gasteiger partial charge in [0.05, 0.1) is 17.4 Å². The van der Waals surface area contributed by atoms with E-state index in [1.165, 1.54) is 25.0 Å². The lowest BCUT2D eigenvalue weighted by Gasteiger charge is -2.21. The molecule has 0 radical (unpaired) electrons. The standard InChI is InChI=1S/C22H21ClFN5O/c23-16-7-10-19-18(13-16)20(30)28(14-15-5-8-17(24)9-6-15)22-26-25-21(29(19)22)27-11-3-1-2-4-12-27/h5-10,13H,1-4,11-12,14H2. The molecule has 30 heavy (non-hydrogen) atoms. The van der Waals surface area contributed by atoms with Crippen LogP contribution < -0.4 is 10.5 Å². The first kappa shape index (κ1) is 19.1. The van der Waals surface area contributed by atoms with E-state index in [9.17, 15) is 9.18 Å². The van der Waals surface area contributed by atoms with Crippen molar-refractivity contribution in [1.29, 1.82) is 0 Å². The average Bonchev–Trinajstić information content (AvgIpc) is 3.00. The normalized spacial score (nSPS) is 15.1. The molecule has 1 saturated heterocycles. The van der Waals surface area contributed by atoms with Gasteiger partial charge in [0.1, 0.15) is 5.82 Å². The fourth-order valence-electron chi connectivity index (χ4n) is 4.16. The summed E-state index contributed by atoms with van der Waals surface area (Å²) in [5.41, 5.74) is 1.35. The molecule has 0 aliphatic carbocycles. The van der Waals surface area contributed by atoms with Crippen LogP contribution in [0.3, 0.4) is 0 Å². The van der Waals surface area contributed by atoms with Crippen LogP contribution in [0.15, 0.2) is 47.3 Å². The second kappa shape index (κ2) is 7.72. The Morgan fingerprint density at radius 1 is 0.967 bits per heavy atom. The van der Waals surface area contributed by atoms with Gasteiger partial charge in [-0.15, -0.1) is 10.2 Å². The van der Waals surface area contributed by atoms with Gasteiger partial charge in [-0.3, -0.25) is 9.36 Å². The Morgan fingerprint density at radius 2 is 1.70 bits per heavy atom. The van der Waals surface area contributed by atoms with Crippen molar-refractivity contribution in [1.82, 2.24) is 19.2 Å². The van der Waals surface area contributed by atoms with Crippen LogP contribution in [0.5, 0.6) is 0 Å². The molecule has 2 aromatic heterocycles. The molecule has 0 unspecified atom stereocenters. The Balaban J connectivity index is 1.75. The smallest absolute Gasteiger partial charge is 0.263 e. The zero-order valence-electron chi connectivity index (χ0n) is 16.4. The van der Waals surface area contributed by atoms with Crippen LogP contribution in [0, 0.1) is 5.82 Å². The molecule has 0 N–H and O–H groups in total. The first-order valence-corrected chi connectivity index (χ1v) is 10.6. The van der Waals surface area contributed by atoms with Crippen molar-refractivity contribution < 1.29 is 4.39 Å². The predicted molar refractivity (Wildman–Crippen MR) is 116 cm³/mol. The molecule has 0 saturated carbocycles. The maximum absolute atomic E-state index is 13.3. The molecule has 8 heteroatoms. The highest BCUT2D eigenvalue weighted by molar-refractivity contribution is 6.31. The monoisotopic (exact) mass is 425 g/mol. The molecule has 1 fully saturated rings. The summed E-state index contributed by atoms with van der Waals surface area (Å²) >= 11 is 6.22. The minimum atomic E-state index is -0.313. The van der Waals surface area contributed by atoms with Gasteiger partial charge in [-0.05, 0) is 48.7 Å². The van der Waals surface area contributed by atoms with E-state index in [4.69, 9.17) is 11.6 Å². The van der Waals surface area contributed by atoms with Crippen LogP contribution >= 0.6 is 11.6 Å². The zero-order valence-corrected chi connectivity index (χ0v) is 17.1. The summed E-state index contributed by atoms with van der Waals surface area (Å²) < 4.78 is 16.9. The van der Waals surface area contributed by atoms with Gasteiger partial charge in [0.25, 0.3) is 5.56 Å². The molecule has 2 aromatic carbocycles. The van der Waals surface area contributed by atoms with E-state index in [0.717, 1.165) is 43.0 Å². The Bertz CT molecular complexity index is 1270. The van der Waals surface area contributed by atoms with Gasteiger partial charge in [0.15, 0.2) is 0 Å². The second-order valence-corrected chi connectivity index (χ2v) is 8.15. The minimum Gasteiger partial charge on any atom is -0.341 e. The highest BCUT2D eigenvalue weighted by atomic mass is 35.5. The van der Waals surface area contributed by atoms with Gasteiger partial charge in [0.2, 0.25) is 11.7 Å². The van der Waals surface area contributed by atoms with E-state index in [1.807, 2.05) is 10.5 Å². The van der Waals surface area contributed by atoms with E-state index in [0.29, 0.717) is 16.2 Å². The molecule has 4 aromatic rings. The molecule has 0 bridgehead atoms. The van der Waals surface area contributed by atoms with Gasteiger partial charge >= 0.3 is 0 Å². The number of anilines is 1. The summed E-state index contributed by atoms with van der Waals surface area (Å²) in [6.45, 7) is 2.09. The van der Waals surface area contributed by atoms with Crippen LogP contribution in [0.1, 0.15) is 31.2 Å². The highest BCUT2D eigenvalue weighted by Crippen LogP contribution is 2.24. The lowest BCUT2D eigenvalue weighted by atomic mass is 10.2. The summed E-state index contributed by atoms with van der Waals surface area (Å²) in [5.74, 6) is 0.901. The van der Waals surface area contributed by atoms with Crippen molar-refractivity contribution in [3.05, 3.63) is 69.2 Å². The van der Waals surface area contributed by atoms with E-state index >= 15 is 0 Å². The highest BCUT2D eigenvalue weighted by Gasteiger charge is 2.21. The number of hydrogen-bond acceptors (Lipinski definition) is 4. The Morgan fingerprint density at radius 3 is 2.43 bits per heavy atom. The van der Waals surface area contributed by atoms with Crippen LogP contribution in [0.4, 0.5) is 10.3 Å².